The van der Waals surface area contributed by atoms with Crippen LogP contribution in [0.15, 0.2) is 66.7 Å². The molecule has 0 bridgehead atoms. The number of anilines is 1. The number of hydrogen-bond acceptors (Lipinski definition) is 6. The fourth-order valence-corrected chi connectivity index (χ4v) is 5.07. The van der Waals surface area contributed by atoms with E-state index in [1.54, 1.807) is 54.6 Å². The third-order valence-electron chi connectivity index (χ3n) is 6.25. The molecular formula is C25H21Cl2N3O4. The third kappa shape index (κ3) is 3.80. The largest absolute Gasteiger partial charge is 0.496 e. The second-order valence-corrected chi connectivity index (χ2v) is 9.03. The number of hydrazine groups is 1. The van der Waals surface area contributed by atoms with Gasteiger partial charge in [0.2, 0.25) is 11.8 Å². The first kappa shape index (κ1) is 22.7. The molecule has 0 saturated carbocycles. The SMILES string of the molecule is COc1ccc(C(O)C2C=CC3C(=O)NC(=O)C3N2Nc2ccc(Cl)cc2Cl)c2ccccc12. The van der Waals surface area contributed by atoms with E-state index in [1.807, 2.05) is 24.3 Å². The molecule has 3 N–H and O–H groups in total. The van der Waals surface area contributed by atoms with Crippen LogP contribution in [0.1, 0.15) is 11.7 Å². The molecule has 0 spiro atoms. The number of carbonyl (C=O) groups excluding carboxylic acids is 2. The number of imide groups is 1. The molecular weight excluding hydrogens is 477 g/mol. The lowest BCUT2D eigenvalue weighted by molar-refractivity contribution is -0.126. The Bertz CT molecular complexity index is 1330. The lowest BCUT2D eigenvalue weighted by Gasteiger charge is -2.41. The van der Waals surface area contributed by atoms with Crippen molar-refractivity contribution < 1.29 is 19.4 Å². The number of carbonyl (C=O) groups is 2. The molecule has 1 fully saturated rings. The zero-order valence-corrected chi connectivity index (χ0v) is 19.5. The molecule has 4 unspecified atom stereocenters. The van der Waals surface area contributed by atoms with Crippen LogP contribution in [0.3, 0.4) is 0 Å². The number of aliphatic hydroxyl groups excluding tert-OH is 1. The van der Waals surface area contributed by atoms with E-state index in [1.165, 1.54) is 0 Å². The van der Waals surface area contributed by atoms with Crippen LogP contribution in [-0.2, 0) is 9.59 Å². The maximum atomic E-state index is 12.8. The second-order valence-electron chi connectivity index (χ2n) is 8.19. The van der Waals surface area contributed by atoms with Gasteiger partial charge in [-0.1, -0.05) is 65.7 Å². The first-order valence-corrected chi connectivity index (χ1v) is 11.4. The van der Waals surface area contributed by atoms with Gasteiger partial charge >= 0.3 is 0 Å². The Morgan fingerprint density at radius 1 is 1.03 bits per heavy atom. The number of aliphatic hydroxyl groups is 1. The van der Waals surface area contributed by atoms with Gasteiger partial charge in [-0.15, -0.1) is 0 Å². The average molecular weight is 498 g/mol. The van der Waals surface area contributed by atoms with Crippen LogP contribution in [0.25, 0.3) is 10.8 Å². The van der Waals surface area contributed by atoms with Crippen molar-refractivity contribution in [3.63, 3.8) is 0 Å². The Morgan fingerprint density at radius 2 is 1.79 bits per heavy atom. The van der Waals surface area contributed by atoms with E-state index in [0.717, 1.165) is 10.8 Å². The maximum Gasteiger partial charge on any atom is 0.246 e. The van der Waals surface area contributed by atoms with Crippen molar-refractivity contribution in [2.45, 2.75) is 18.2 Å². The van der Waals surface area contributed by atoms with Crippen LogP contribution in [0.5, 0.6) is 5.75 Å². The molecule has 1 saturated heterocycles. The Labute approximate surface area is 205 Å². The predicted molar refractivity (Wildman–Crippen MR) is 131 cm³/mol. The molecule has 2 aliphatic rings. The average Bonchev–Trinajstić information content (AvgIpc) is 3.13. The molecule has 0 aromatic heterocycles. The first-order chi connectivity index (χ1) is 16.4. The molecule has 4 atom stereocenters. The molecule has 2 amide bonds. The number of benzene rings is 3. The predicted octanol–water partition coefficient (Wildman–Crippen LogP) is 4.10. The highest BCUT2D eigenvalue weighted by Gasteiger charge is 2.49. The fraction of sp³-hybridized carbons (Fsp3) is 0.200. The zero-order chi connectivity index (χ0) is 24.0. The van der Waals surface area contributed by atoms with Crippen LogP contribution in [0, 0.1) is 5.92 Å². The summed E-state index contributed by atoms with van der Waals surface area (Å²) in [5.74, 6) is -0.839. The Hall–Kier alpha value is -3.10. The molecule has 2 heterocycles. The number of fused-ring (bicyclic) bond motifs is 2. The van der Waals surface area contributed by atoms with Crippen molar-refractivity contribution in [2.75, 3.05) is 12.5 Å². The smallest absolute Gasteiger partial charge is 0.246 e. The molecule has 174 valence electrons. The molecule has 5 rings (SSSR count). The summed E-state index contributed by atoms with van der Waals surface area (Å²) < 4.78 is 5.48. The van der Waals surface area contributed by atoms with Crippen LogP contribution in [-0.4, -0.2) is 41.1 Å². The Morgan fingerprint density at radius 3 is 2.53 bits per heavy atom. The number of ether oxygens (including phenoxy) is 1. The minimum absolute atomic E-state index is 0.339. The molecule has 34 heavy (non-hydrogen) atoms. The molecule has 0 aliphatic carbocycles. The number of amides is 2. The van der Waals surface area contributed by atoms with Crippen LogP contribution in [0.4, 0.5) is 5.69 Å². The number of methoxy groups -OCH3 is 1. The minimum Gasteiger partial charge on any atom is -0.496 e. The van der Waals surface area contributed by atoms with Gasteiger partial charge < -0.3 is 15.3 Å². The molecule has 2 aliphatic heterocycles. The van der Waals surface area contributed by atoms with Gasteiger partial charge in [0.05, 0.1) is 29.8 Å². The van der Waals surface area contributed by atoms with Gasteiger partial charge in [-0.3, -0.25) is 14.9 Å². The van der Waals surface area contributed by atoms with Crippen LogP contribution >= 0.6 is 23.2 Å². The summed E-state index contributed by atoms with van der Waals surface area (Å²) in [6.07, 6.45) is 2.36. The maximum absolute atomic E-state index is 12.8. The lowest BCUT2D eigenvalue weighted by atomic mass is 9.89. The van der Waals surface area contributed by atoms with Gasteiger partial charge in [0, 0.05) is 10.4 Å². The van der Waals surface area contributed by atoms with E-state index < -0.39 is 30.0 Å². The highest BCUT2D eigenvalue weighted by Crippen LogP contribution is 2.38. The highest BCUT2D eigenvalue weighted by molar-refractivity contribution is 6.36. The van der Waals surface area contributed by atoms with Gasteiger partial charge in [0.25, 0.3) is 0 Å². The molecule has 3 aromatic rings. The minimum atomic E-state index is -1.05. The number of halogens is 2. The molecule has 7 nitrogen and oxygen atoms in total. The number of rotatable bonds is 5. The van der Waals surface area contributed by atoms with E-state index in [9.17, 15) is 14.7 Å². The van der Waals surface area contributed by atoms with Crippen LogP contribution in [0.2, 0.25) is 10.0 Å². The summed E-state index contributed by atoms with van der Waals surface area (Å²) in [6.45, 7) is 0. The molecule has 9 heteroatoms. The van der Waals surface area contributed by atoms with E-state index in [-0.39, 0.29) is 5.91 Å². The van der Waals surface area contributed by atoms with Gasteiger partial charge in [0.15, 0.2) is 0 Å². The Balaban J connectivity index is 1.59. The monoisotopic (exact) mass is 497 g/mol. The summed E-state index contributed by atoms with van der Waals surface area (Å²) in [6, 6.07) is 14.6. The zero-order valence-electron chi connectivity index (χ0n) is 18.0. The third-order valence-corrected chi connectivity index (χ3v) is 6.80. The van der Waals surface area contributed by atoms with Gasteiger partial charge in [-0.25, -0.2) is 5.01 Å². The summed E-state index contributed by atoms with van der Waals surface area (Å²) in [4.78, 5) is 25.1. The van der Waals surface area contributed by atoms with E-state index in [4.69, 9.17) is 27.9 Å². The van der Waals surface area contributed by atoms with E-state index >= 15 is 0 Å². The van der Waals surface area contributed by atoms with Gasteiger partial charge in [-0.2, -0.15) is 0 Å². The van der Waals surface area contributed by atoms with Gasteiger partial charge in [0.1, 0.15) is 17.9 Å². The Kier molecular flexibility index (Phi) is 5.95. The summed E-state index contributed by atoms with van der Waals surface area (Å²) in [7, 11) is 1.60. The van der Waals surface area contributed by atoms with E-state index in [0.29, 0.717) is 27.0 Å². The number of hydrogen-bond donors (Lipinski definition) is 3. The highest BCUT2D eigenvalue weighted by atomic mass is 35.5. The summed E-state index contributed by atoms with van der Waals surface area (Å²) in [5, 5.41) is 18.0. The van der Waals surface area contributed by atoms with Crippen molar-refractivity contribution in [2.24, 2.45) is 5.92 Å². The summed E-state index contributed by atoms with van der Waals surface area (Å²) in [5.41, 5.74) is 4.31. The topological polar surface area (TPSA) is 90.9 Å². The fourth-order valence-electron chi connectivity index (χ4n) is 4.62. The van der Waals surface area contributed by atoms with E-state index in [2.05, 4.69) is 10.7 Å². The standard InChI is InChI=1S/C25H21Cl2N3O4/c1-34-21-11-8-16(14-4-2-3-5-15(14)21)23(31)20-10-7-17-22(25(33)28-24(17)32)30(20)29-19-9-6-13(26)12-18(19)27/h2-12,17,20,22-23,29,31H,1H3,(H,28,32,33). The number of nitrogens with zero attached hydrogens (tertiary/aromatic N) is 1. The summed E-state index contributed by atoms with van der Waals surface area (Å²) >= 11 is 12.4. The second kappa shape index (κ2) is 8.92. The molecule has 3 aromatic carbocycles. The lowest BCUT2D eigenvalue weighted by Crippen LogP contribution is -2.55. The number of nitrogens with one attached hydrogen (secondary N) is 2. The first-order valence-electron chi connectivity index (χ1n) is 10.7. The van der Waals surface area contributed by atoms with Crippen molar-refractivity contribution in [1.29, 1.82) is 0 Å². The quantitative estimate of drug-likeness (QED) is 0.363. The van der Waals surface area contributed by atoms with Crippen molar-refractivity contribution in [3.8, 4) is 5.75 Å². The van der Waals surface area contributed by atoms with Gasteiger partial charge in [-0.05, 0) is 35.2 Å². The van der Waals surface area contributed by atoms with Crippen molar-refractivity contribution in [1.82, 2.24) is 10.3 Å². The van der Waals surface area contributed by atoms with Crippen molar-refractivity contribution in [3.05, 3.63) is 82.4 Å². The van der Waals surface area contributed by atoms with Crippen LogP contribution < -0.4 is 15.5 Å². The van der Waals surface area contributed by atoms with Crippen molar-refractivity contribution >= 4 is 51.5 Å². The normalized spacial score (nSPS) is 23.0. The molecule has 0 radical (unpaired) electrons.